The number of hydrogen-bond donors (Lipinski definition) is 0. The smallest absolute Gasteiger partial charge is 0.293 e. The Hall–Kier alpha value is -3.50. The fourth-order valence-electron chi connectivity index (χ4n) is 4.37. The van der Waals surface area contributed by atoms with Gasteiger partial charge in [0.05, 0.1) is 23.1 Å². The number of carbonyl (C=O) groups is 2. The van der Waals surface area contributed by atoms with Crippen LogP contribution in [0.4, 0.5) is 4.79 Å². The van der Waals surface area contributed by atoms with Crippen LogP contribution in [0.25, 0.3) is 17.0 Å². The second kappa shape index (κ2) is 9.87. The third-order valence-corrected chi connectivity index (χ3v) is 7.73. The molecule has 1 saturated heterocycles. The number of imide groups is 1. The van der Waals surface area contributed by atoms with Gasteiger partial charge in [-0.25, -0.2) is 0 Å². The van der Waals surface area contributed by atoms with E-state index in [4.69, 9.17) is 23.2 Å². The summed E-state index contributed by atoms with van der Waals surface area (Å²) in [4.78, 5) is 27.5. The van der Waals surface area contributed by atoms with Crippen LogP contribution >= 0.6 is 35.0 Å². The molecule has 1 aliphatic rings. The van der Waals surface area contributed by atoms with Crippen molar-refractivity contribution in [2.75, 3.05) is 0 Å². The molecule has 0 saturated carbocycles. The van der Waals surface area contributed by atoms with Crippen LogP contribution in [0.15, 0.2) is 71.6 Å². The van der Waals surface area contributed by atoms with E-state index >= 15 is 0 Å². The summed E-state index contributed by atoms with van der Waals surface area (Å²) in [6.45, 7) is 2.57. The van der Waals surface area contributed by atoms with E-state index in [-0.39, 0.29) is 17.7 Å². The number of para-hydroxylation sites is 1. The van der Waals surface area contributed by atoms with Crippen molar-refractivity contribution in [1.82, 2.24) is 9.47 Å². The van der Waals surface area contributed by atoms with E-state index in [2.05, 4.69) is 10.6 Å². The molecule has 5 rings (SSSR count). The Morgan fingerprint density at radius 3 is 2.50 bits per heavy atom. The van der Waals surface area contributed by atoms with Gasteiger partial charge in [-0.3, -0.25) is 14.5 Å². The molecule has 4 aromatic rings. The molecule has 3 aromatic carbocycles. The molecule has 2 amide bonds. The SMILES string of the molecule is Cc1c(/C=C2\SC(=O)N(Cc3ccc(Cl)cc3Cl)C2=O)c2ccccc2n1Cc1ccccc1C#N. The summed E-state index contributed by atoms with van der Waals surface area (Å²) in [7, 11) is 0. The van der Waals surface area contributed by atoms with Crippen LogP contribution < -0.4 is 0 Å². The Bertz CT molecular complexity index is 1620. The number of hydrogen-bond acceptors (Lipinski definition) is 4. The molecule has 0 unspecified atom stereocenters. The lowest BCUT2D eigenvalue weighted by Crippen LogP contribution is -2.27. The van der Waals surface area contributed by atoms with Gasteiger partial charge in [-0.1, -0.05) is 65.7 Å². The standard InChI is InChI=1S/C28H19Cl2N3O2S/c1-17-23(13-26-27(34)33(28(35)36-26)16-20-10-11-21(29)12-24(20)30)22-8-4-5-9-25(22)32(17)15-19-7-3-2-6-18(19)14-31/h2-13H,15-16H2,1H3/b26-13-. The lowest BCUT2D eigenvalue weighted by atomic mass is 10.1. The zero-order valence-corrected chi connectivity index (χ0v) is 21.5. The van der Waals surface area contributed by atoms with E-state index in [0.29, 0.717) is 32.6 Å². The van der Waals surface area contributed by atoms with Crippen LogP contribution in [-0.2, 0) is 17.9 Å². The molecular formula is C28H19Cl2N3O2S. The summed E-state index contributed by atoms with van der Waals surface area (Å²) in [5.41, 5.74) is 4.98. The molecule has 0 N–H and O–H groups in total. The first kappa shape index (κ1) is 24.2. The fraction of sp³-hybridized carbons (Fsp3) is 0.107. The molecule has 8 heteroatoms. The summed E-state index contributed by atoms with van der Waals surface area (Å²) >= 11 is 13.2. The predicted molar refractivity (Wildman–Crippen MR) is 145 cm³/mol. The molecule has 36 heavy (non-hydrogen) atoms. The molecule has 1 aliphatic heterocycles. The molecule has 0 bridgehead atoms. The molecule has 5 nitrogen and oxygen atoms in total. The summed E-state index contributed by atoms with van der Waals surface area (Å²) in [5, 5.41) is 11.0. The molecule has 0 atom stereocenters. The lowest BCUT2D eigenvalue weighted by molar-refractivity contribution is -0.123. The number of fused-ring (bicyclic) bond motifs is 1. The van der Waals surface area contributed by atoms with Gasteiger partial charge in [0.25, 0.3) is 11.1 Å². The molecule has 0 spiro atoms. The number of nitriles is 1. The normalized spacial score (nSPS) is 14.7. The van der Waals surface area contributed by atoms with E-state index in [0.717, 1.165) is 39.5 Å². The van der Waals surface area contributed by atoms with Crippen molar-refractivity contribution in [2.24, 2.45) is 0 Å². The number of thioether (sulfide) groups is 1. The number of nitrogens with zero attached hydrogens (tertiary/aromatic N) is 3. The van der Waals surface area contributed by atoms with Crippen LogP contribution in [0.2, 0.25) is 10.0 Å². The average Bonchev–Trinajstić information content (AvgIpc) is 3.29. The molecule has 0 radical (unpaired) electrons. The predicted octanol–water partition coefficient (Wildman–Crippen LogP) is 7.41. The Balaban J connectivity index is 1.52. The summed E-state index contributed by atoms with van der Waals surface area (Å²) in [6, 6.07) is 22.7. The highest BCUT2D eigenvalue weighted by molar-refractivity contribution is 8.18. The Kier molecular flexibility index (Phi) is 6.63. The molecule has 1 aromatic heterocycles. The van der Waals surface area contributed by atoms with Gasteiger partial charge >= 0.3 is 0 Å². The summed E-state index contributed by atoms with van der Waals surface area (Å²) < 4.78 is 2.13. The topological polar surface area (TPSA) is 66.1 Å². The minimum absolute atomic E-state index is 0.0731. The Morgan fingerprint density at radius 2 is 1.72 bits per heavy atom. The number of carbonyl (C=O) groups excluding carboxylic acids is 2. The Morgan fingerprint density at radius 1 is 0.972 bits per heavy atom. The lowest BCUT2D eigenvalue weighted by Gasteiger charge is -2.13. The first-order valence-electron chi connectivity index (χ1n) is 11.1. The van der Waals surface area contributed by atoms with Gasteiger partial charge in [0.15, 0.2) is 0 Å². The van der Waals surface area contributed by atoms with Crippen molar-refractivity contribution in [2.45, 2.75) is 20.0 Å². The molecule has 178 valence electrons. The highest BCUT2D eigenvalue weighted by Crippen LogP contribution is 2.37. The largest absolute Gasteiger partial charge is 0.340 e. The summed E-state index contributed by atoms with van der Waals surface area (Å²) in [6.07, 6.45) is 1.79. The van der Waals surface area contributed by atoms with Crippen molar-refractivity contribution >= 4 is 63.1 Å². The maximum absolute atomic E-state index is 13.2. The molecule has 1 fully saturated rings. The fourth-order valence-corrected chi connectivity index (χ4v) is 5.66. The van der Waals surface area contributed by atoms with Gasteiger partial charge in [-0.2, -0.15) is 5.26 Å². The highest BCUT2D eigenvalue weighted by atomic mass is 35.5. The van der Waals surface area contributed by atoms with Crippen LogP contribution in [0.5, 0.6) is 0 Å². The van der Waals surface area contributed by atoms with E-state index in [1.54, 1.807) is 30.3 Å². The third kappa shape index (κ3) is 4.42. The van der Waals surface area contributed by atoms with Crippen molar-refractivity contribution < 1.29 is 9.59 Å². The van der Waals surface area contributed by atoms with Gasteiger partial charge in [0, 0.05) is 38.8 Å². The number of rotatable bonds is 5. The van der Waals surface area contributed by atoms with Crippen LogP contribution in [0.1, 0.15) is 27.9 Å². The number of aromatic nitrogens is 1. The monoisotopic (exact) mass is 531 g/mol. The van der Waals surface area contributed by atoms with Crippen LogP contribution in [0, 0.1) is 18.3 Å². The van der Waals surface area contributed by atoms with E-state index < -0.39 is 0 Å². The van der Waals surface area contributed by atoms with Gasteiger partial charge in [0.2, 0.25) is 0 Å². The maximum Gasteiger partial charge on any atom is 0.293 e. The third-order valence-electron chi connectivity index (χ3n) is 6.24. The van der Waals surface area contributed by atoms with E-state index in [1.165, 1.54) is 4.90 Å². The molecule has 0 aliphatic carbocycles. The van der Waals surface area contributed by atoms with Crippen molar-refractivity contribution in [3.63, 3.8) is 0 Å². The molecule has 2 heterocycles. The van der Waals surface area contributed by atoms with Gasteiger partial charge in [-0.15, -0.1) is 0 Å². The molecular weight excluding hydrogens is 513 g/mol. The van der Waals surface area contributed by atoms with Crippen molar-refractivity contribution in [3.05, 3.63) is 110 Å². The quantitative estimate of drug-likeness (QED) is 0.251. The van der Waals surface area contributed by atoms with Crippen molar-refractivity contribution in [3.8, 4) is 6.07 Å². The first-order valence-corrected chi connectivity index (χ1v) is 12.7. The average molecular weight is 532 g/mol. The van der Waals surface area contributed by atoms with E-state index in [9.17, 15) is 14.9 Å². The van der Waals surface area contributed by atoms with Gasteiger partial charge < -0.3 is 4.57 Å². The minimum Gasteiger partial charge on any atom is -0.340 e. The van der Waals surface area contributed by atoms with Gasteiger partial charge in [0.1, 0.15) is 0 Å². The highest BCUT2D eigenvalue weighted by Gasteiger charge is 2.35. The van der Waals surface area contributed by atoms with Crippen LogP contribution in [-0.4, -0.2) is 20.6 Å². The minimum atomic E-state index is -0.359. The Labute approximate surface area is 222 Å². The number of amides is 2. The maximum atomic E-state index is 13.2. The first-order chi connectivity index (χ1) is 17.4. The zero-order valence-electron chi connectivity index (χ0n) is 19.2. The number of benzene rings is 3. The van der Waals surface area contributed by atoms with Crippen LogP contribution in [0.3, 0.4) is 0 Å². The second-order valence-electron chi connectivity index (χ2n) is 8.37. The van der Waals surface area contributed by atoms with E-state index in [1.807, 2.05) is 49.4 Å². The zero-order chi connectivity index (χ0) is 25.4. The van der Waals surface area contributed by atoms with Gasteiger partial charge in [-0.05, 0) is 60.2 Å². The second-order valence-corrected chi connectivity index (χ2v) is 10.2. The van der Waals surface area contributed by atoms with Crippen molar-refractivity contribution in [1.29, 1.82) is 5.26 Å². The number of halogens is 2. The summed E-state index contributed by atoms with van der Waals surface area (Å²) in [5.74, 6) is -0.359.